The number of hydrogen-bond donors (Lipinski definition) is 5. The second-order valence-corrected chi connectivity index (χ2v) is 7.02. The molecule has 0 aliphatic carbocycles. The fourth-order valence-electron chi connectivity index (χ4n) is 2.96. The van der Waals surface area contributed by atoms with Crippen LogP contribution >= 0.6 is 0 Å². The molecular formula is C24H31N7O2. The maximum atomic E-state index is 12.5. The third-order valence-corrected chi connectivity index (χ3v) is 4.61. The minimum Gasteiger partial charge on any atom is -0.335 e. The Bertz CT molecular complexity index is 998. The van der Waals surface area contributed by atoms with Crippen LogP contribution in [0.25, 0.3) is 0 Å². The number of carbonyl (C=O) groups excluding carboxylic acids is 2. The highest BCUT2D eigenvalue weighted by molar-refractivity contribution is 5.96. The van der Waals surface area contributed by atoms with Crippen LogP contribution in [0.4, 0.5) is 11.5 Å². The number of hydrazine groups is 1. The third-order valence-electron chi connectivity index (χ3n) is 4.61. The van der Waals surface area contributed by atoms with E-state index in [-0.39, 0.29) is 18.0 Å². The standard InChI is InChI=1S/C23H26N6O2.CH5N/c1-16(28-29(2)19-8-4-3-5-9-19)26-22(30)18-13-11-17(12-14-18)21(24)23(31)27-20-10-6-7-15-25-20;1-2/h3-16,21,28H,24H2,1-2H3,(H,26,30)(H,25,27,31);2H2,1H3. The van der Waals surface area contributed by atoms with Gasteiger partial charge in [-0.3, -0.25) is 9.59 Å². The van der Waals surface area contributed by atoms with Gasteiger partial charge in [0.25, 0.3) is 5.91 Å². The minimum absolute atomic E-state index is 0.237. The van der Waals surface area contributed by atoms with E-state index in [1.54, 1.807) is 48.7 Å². The van der Waals surface area contributed by atoms with E-state index in [1.807, 2.05) is 49.3 Å². The quantitative estimate of drug-likeness (QED) is 0.262. The van der Waals surface area contributed by atoms with Gasteiger partial charge in [0.05, 0.1) is 11.9 Å². The number of anilines is 2. The van der Waals surface area contributed by atoms with Crippen LogP contribution in [0.3, 0.4) is 0 Å². The highest BCUT2D eigenvalue weighted by atomic mass is 16.2. The van der Waals surface area contributed by atoms with E-state index < -0.39 is 6.04 Å². The lowest BCUT2D eigenvalue weighted by Crippen LogP contribution is -2.50. The Balaban J connectivity index is 0.00000187. The first-order valence-electron chi connectivity index (χ1n) is 10.4. The zero-order chi connectivity index (χ0) is 24.2. The molecule has 0 spiro atoms. The summed E-state index contributed by atoms with van der Waals surface area (Å²) in [4.78, 5) is 28.9. The van der Waals surface area contributed by atoms with Crippen LogP contribution in [-0.2, 0) is 4.79 Å². The molecule has 0 saturated carbocycles. The van der Waals surface area contributed by atoms with E-state index >= 15 is 0 Å². The van der Waals surface area contributed by atoms with Gasteiger partial charge in [0.1, 0.15) is 11.9 Å². The molecule has 0 aliphatic rings. The van der Waals surface area contributed by atoms with Crippen molar-refractivity contribution in [1.29, 1.82) is 0 Å². The molecule has 1 aromatic heterocycles. The van der Waals surface area contributed by atoms with Crippen LogP contribution < -0.4 is 32.5 Å². The normalized spacial score (nSPS) is 11.9. The van der Waals surface area contributed by atoms with Crippen molar-refractivity contribution in [2.45, 2.75) is 19.1 Å². The lowest BCUT2D eigenvalue weighted by Gasteiger charge is -2.25. The van der Waals surface area contributed by atoms with E-state index in [2.05, 4.69) is 26.8 Å². The number of benzene rings is 2. The minimum atomic E-state index is -0.876. The first kappa shape index (κ1) is 25.5. The Morgan fingerprint density at radius 2 is 1.58 bits per heavy atom. The number of amides is 2. The van der Waals surface area contributed by atoms with E-state index in [4.69, 9.17) is 5.73 Å². The zero-order valence-electron chi connectivity index (χ0n) is 19.0. The number of nitrogens with one attached hydrogen (secondary N) is 3. The summed E-state index contributed by atoms with van der Waals surface area (Å²) >= 11 is 0. The summed E-state index contributed by atoms with van der Waals surface area (Å²) in [7, 11) is 3.38. The number of pyridine rings is 1. The average molecular weight is 450 g/mol. The van der Waals surface area contributed by atoms with Gasteiger partial charge < -0.3 is 27.1 Å². The van der Waals surface area contributed by atoms with Crippen molar-refractivity contribution < 1.29 is 9.59 Å². The fourth-order valence-corrected chi connectivity index (χ4v) is 2.96. The molecule has 174 valence electrons. The van der Waals surface area contributed by atoms with Gasteiger partial charge in [-0.25, -0.2) is 10.4 Å². The number of hydrogen-bond acceptors (Lipinski definition) is 7. The molecule has 33 heavy (non-hydrogen) atoms. The molecule has 9 nitrogen and oxygen atoms in total. The maximum Gasteiger partial charge on any atom is 0.252 e. The molecule has 2 amide bonds. The molecule has 2 atom stereocenters. The monoisotopic (exact) mass is 449 g/mol. The summed E-state index contributed by atoms with van der Waals surface area (Å²) in [6.45, 7) is 1.85. The van der Waals surface area contributed by atoms with E-state index in [1.165, 1.54) is 7.05 Å². The van der Waals surface area contributed by atoms with Gasteiger partial charge in [-0.15, -0.1) is 0 Å². The van der Waals surface area contributed by atoms with Gasteiger partial charge in [0.15, 0.2) is 0 Å². The third kappa shape index (κ3) is 7.69. The van der Waals surface area contributed by atoms with Crippen molar-refractivity contribution in [3.05, 3.63) is 90.1 Å². The van der Waals surface area contributed by atoms with Gasteiger partial charge in [0, 0.05) is 18.8 Å². The zero-order valence-corrected chi connectivity index (χ0v) is 19.0. The van der Waals surface area contributed by atoms with Crippen molar-refractivity contribution in [1.82, 2.24) is 15.7 Å². The van der Waals surface area contributed by atoms with Crippen LogP contribution in [0.15, 0.2) is 79.0 Å². The fraction of sp³-hybridized carbons (Fsp3) is 0.208. The molecule has 2 unspecified atom stereocenters. The van der Waals surface area contributed by atoms with Crippen LogP contribution in [0.1, 0.15) is 28.9 Å². The number of para-hydroxylation sites is 1. The molecule has 0 radical (unpaired) electrons. The Kier molecular flexibility index (Phi) is 9.97. The number of nitrogens with two attached hydrogens (primary N) is 2. The first-order valence-corrected chi connectivity index (χ1v) is 10.4. The molecule has 0 bridgehead atoms. The van der Waals surface area contributed by atoms with Gasteiger partial charge >= 0.3 is 0 Å². The lowest BCUT2D eigenvalue weighted by molar-refractivity contribution is -0.117. The lowest BCUT2D eigenvalue weighted by atomic mass is 10.0. The Morgan fingerprint density at radius 1 is 0.939 bits per heavy atom. The Labute approximate surface area is 194 Å². The second kappa shape index (κ2) is 12.9. The molecule has 9 heteroatoms. The largest absolute Gasteiger partial charge is 0.335 e. The van der Waals surface area contributed by atoms with Gasteiger partial charge in [-0.05, 0) is 55.9 Å². The summed E-state index contributed by atoms with van der Waals surface area (Å²) in [6, 6.07) is 20.7. The van der Waals surface area contributed by atoms with Gasteiger partial charge in [0.2, 0.25) is 5.91 Å². The molecule has 3 aromatic rings. The summed E-state index contributed by atoms with van der Waals surface area (Å²) < 4.78 is 0. The molecule has 0 fully saturated rings. The predicted molar refractivity (Wildman–Crippen MR) is 131 cm³/mol. The van der Waals surface area contributed by atoms with Crippen molar-refractivity contribution >= 4 is 23.3 Å². The van der Waals surface area contributed by atoms with E-state index in [9.17, 15) is 9.59 Å². The van der Waals surface area contributed by atoms with Crippen molar-refractivity contribution in [3.63, 3.8) is 0 Å². The Morgan fingerprint density at radius 3 is 2.18 bits per heavy atom. The van der Waals surface area contributed by atoms with Crippen LogP contribution in [-0.4, -0.2) is 37.1 Å². The molecule has 7 N–H and O–H groups in total. The topological polar surface area (TPSA) is 138 Å². The Hall–Kier alpha value is -3.79. The summed E-state index contributed by atoms with van der Waals surface area (Å²) in [5.41, 5.74) is 15.8. The van der Waals surface area contributed by atoms with E-state index in [0.29, 0.717) is 16.9 Å². The molecule has 1 heterocycles. The number of nitrogens with zero attached hydrogens (tertiary/aromatic N) is 2. The average Bonchev–Trinajstić information content (AvgIpc) is 2.86. The molecular weight excluding hydrogens is 418 g/mol. The van der Waals surface area contributed by atoms with Gasteiger partial charge in [-0.1, -0.05) is 36.4 Å². The smallest absolute Gasteiger partial charge is 0.252 e. The van der Waals surface area contributed by atoms with Crippen molar-refractivity contribution in [3.8, 4) is 0 Å². The van der Waals surface area contributed by atoms with Crippen molar-refractivity contribution in [2.75, 3.05) is 24.4 Å². The van der Waals surface area contributed by atoms with Crippen LogP contribution in [0.5, 0.6) is 0 Å². The number of rotatable bonds is 8. The first-order chi connectivity index (χ1) is 15.9. The van der Waals surface area contributed by atoms with Crippen LogP contribution in [0.2, 0.25) is 0 Å². The second-order valence-electron chi connectivity index (χ2n) is 7.02. The highest BCUT2D eigenvalue weighted by Gasteiger charge is 2.17. The summed E-state index contributed by atoms with van der Waals surface area (Å²) in [6.07, 6.45) is 1.28. The highest BCUT2D eigenvalue weighted by Crippen LogP contribution is 2.14. The molecule has 0 aliphatic heterocycles. The SMILES string of the molecule is CC(NC(=O)c1ccc(C(N)C(=O)Nc2ccccn2)cc1)NN(C)c1ccccc1.CN. The summed E-state index contributed by atoms with van der Waals surface area (Å²) in [5, 5.41) is 7.40. The van der Waals surface area contributed by atoms with Crippen LogP contribution in [0, 0.1) is 0 Å². The maximum absolute atomic E-state index is 12.5. The summed E-state index contributed by atoms with van der Waals surface area (Å²) in [5.74, 6) is -0.182. The molecule has 0 saturated heterocycles. The van der Waals surface area contributed by atoms with E-state index in [0.717, 1.165) is 5.69 Å². The number of carbonyl (C=O) groups is 2. The molecule has 3 rings (SSSR count). The predicted octanol–water partition coefficient (Wildman–Crippen LogP) is 2.01. The number of aromatic nitrogens is 1. The molecule has 2 aromatic carbocycles. The van der Waals surface area contributed by atoms with Crippen molar-refractivity contribution in [2.24, 2.45) is 11.5 Å². The van der Waals surface area contributed by atoms with Gasteiger partial charge in [-0.2, -0.15) is 0 Å².